The van der Waals surface area contributed by atoms with Crippen molar-refractivity contribution >= 4 is 38.1 Å². The Morgan fingerprint density at radius 2 is 1.81 bits per heavy atom. The minimum absolute atomic E-state index is 0.00350. The summed E-state index contributed by atoms with van der Waals surface area (Å²) in [6, 6.07) is 10.3. The lowest BCUT2D eigenvalue weighted by Crippen LogP contribution is -2.38. The van der Waals surface area contributed by atoms with E-state index in [1.54, 1.807) is 41.3 Å². The number of nitrogens with zero attached hydrogens (tertiary/aromatic N) is 3. The molecule has 0 unspecified atom stereocenters. The van der Waals surface area contributed by atoms with Crippen LogP contribution in [0.25, 0.3) is 10.8 Å². The van der Waals surface area contributed by atoms with E-state index in [2.05, 4.69) is 9.55 Å². The molecule has 1 aliphatic heterocycles. The van der Waals surface area contributed by atoms with Gasteiger partial charge in [0.15, 0.2) is 9.84 Å². The third kappa shape index (κ3) is 4.62. The van der Waals surface area contributed by atoms with Gasteiger partial charge in [0.25, 0.3) is 0 Å². The van der Waals surface area contributed by atoms with Gasteiger partial charge in [0.1, 0.15) is 5.82 Å². The second-order valence-corrected chi connectivity index (χ2v) is 10.7. The average Bonchev–Trinajstić information content (AvgIpc) is 3.10. The minimum Gasteiger partial charge on any atom is -0.343 e. The molecule has 4 rings (SSSR count). The van der Waals surface area contributed by atoms with Gasteiger partial charge in [0.2, 0.25) is 5.91 Å². The van der Waals surface area contributed by atoms with Gasteiger partial charge in [-0.2, -0.15) is 0 Å². The van der Waals surface area contributed by atoms with E-state index in [1.807, 2.05) is 20.2 Å². The molecule has 0 bridgehead atoms. The van der Waals surface area contributed by atoms with Crippen LogP contribution in [0.4, 0.5) is 0 Å². The zero-order valence-electron chi connectivity index (χ0n) is 17.7. The van der Waals surface area contributed by atoms with Crippen molar-refractivity contribution in [2.24, 2.45) is 7.05 Å². The molecule has 2 heterocycles. The quantitative estimate of drug-likeness (QED) is 0.575. The highest BCUT2D eigenvalue weighted by molar-refractivity contribution is 7.91. The first-order valence-electron chi connectivity index (χ1n) is 10.4. The molecule has 0 saturated carbocycles. The normalized spacial score (nSPS) is 15.5. The van der Waals surface area contributed by atoms with Gasteiger partial charge in [-0.3, -0.25) is 4.79 Å². The molecule has 1 amide bonds. The first kappa shape index (κ1) is 21.8. The highest BCUT2D eigenvalue weighted by Crippen LogP contribution is 2.29. The van der Waals surface area contributed by atoms with Crippen LogP contribution in [0.3, 0.4) is 0 Å². The van der Waals surface area contributed by atoms with Crippen molar-refractivity contribution in [2.45, 2.75) is 37.0 Å². The standard InChI is InChI=1S/C23H26ClN3O3S/c1-16-25-15-22(26(16)2)17-7-10-27(11-8-17)23(28)9-12-31(29,30)21-6-4-18-13-20(24)5-3-19(18)14-21/h3-6,13-15,17H,7-12H2,1-2H3. The summed E-state index contributed by atoms with van der Waals surface area (Å²) in [5.41, 5.74) is 1.20. The minimum atomic E-state index is -3.54. The number of rotatable bonds is 5. The maximum Gasteiger partial charge on any atom is 0.223 e. The molecule has 3 aromatic rings. The molecule has 0 atom stereocenters. The van der Waals surface area contributed by atoms with Crippen molar-refractivity contribution in [2.75, 3.05) is 18.8 Å². The van der Waals surface area contributed by atoms with E-state index < -0.39 is 9.84 Å². The van der Waals surface area contributed by atoms with Gasteiger partial charge in [-0.15, -0.1) is 0 Å². The number of hydrogen-bond donors (Lipinski definition) is 0. The molecule has 1 aromatic heterocycles. The number of fused-ring (bicyclic) bond motifs is 1. The number of piperidine rings is 1. The van der Waals surface area contributed by atoms with Gasteiger partial charge in [-0.1, -0.05) is 23.7 Å². The molecule has 31 heavy (non-hydrogen) atoms. The van der Waals surface area contributed by atoms with Gasteiger partial charge in [0, 0.05) is 49.4 Å². The van der Waals surface area contributed by atoms with Gasteiger partial charge in [-0.25, -0.2) is 13.4 Å². The molecule has 0 radical (unpaired) electrons. The topological polar surface area (TPSA) is 72.3 Å². The molecule has 0 aliphatic carbocycles. The maximum absolute atomic E-state index is 12.8. The Bertz CT molecular complexity index is 1230. The van der Waals surface area contributed by atoms with Crippen LogP contribution in [0.1, 0.15) is 36.7 Å². The van der Waals surface area contributed by atoms with Crippen molar-refractivity contribution < 1.29 is 13.2 Å². The van der Waals surface area contributed by atoms with Crippen LogP contribution in [-0.4, -0.2) is 47.6 Å². The van der Waals surface area contributed by atoms with Crippen molar-refractivity contribution in [3.8, 4) is 0 Å². The van der Waals surface area contributed by atoms with E-state index in [-0.39, 0.29) is 23.0 Å². The molecular weight excluding hydrogens is 434 g/mol. The molecule has 1 saturated heterocycles. The monoisotopic (exact) mass is 459 g/mol. The third-order valence-electron chi connectivity index (χ3n) is 6.24. The summed E-state index contributed by atoms with van der Waals surface area (Å²) >= 11 is 5.99. The highest BCUT2D eigenvalue weighted by Gasteiger charge is 2.27. The average molecular weight is 460 g/mol. The van der Waals surface area contributed by atoms with Crippen LogP contribution in [0.2, 0.25) is 5.02 Å². The molecular formula is C23H26ClN3O3S. The van der Waals surface area contributed by atoms with Gasteiger partial charge >= 0.3 is 0 Å². The molecule has 6 nitrogen and oxygen atoms in total. The van der Waals surface area contributed by atoms with Gasteiger partial charge in [0.05, 0.1) is 10.6 Å². The fraction of sp³-hybridized carbons (Fsp3) is 0.391. The van der Waals surface area contributed by atoms with Gasteiger partial charge in [-0.05, 0) is 54.8 Å². The summed E-state index contributed by atoms with van der Waals surface area (Å²) in [5, 5.41) is 2.30. The fourth-order valence-corrected chi connectivity index (χ4v) is 5.65. The zero-order chi connectivity index (χ0) is 22.2. The molecule has 1 fully saturated rings. The number of amides is 1. The number of hydrogen-bond acceptors (Lipinski definition) is 4. The van der Waals surface area contributed by atoms with E-state index in [4.69, 9.17) is 11.6 Å². The summed E-state index contributed by atoms with van der Waals surface area (Å²) in [5.74, 6) is 1.07. The van der Waals surface area contributed by atoms with Gasteiger partial charge < -0.3 is 9.47 Å². The number of carbonyl (C=O) groups is 1. The van der Waals surface area contributed by atoms with Crippen molar-refractivity contribution in [1.82, 2.24) is 14.5 Å². The lowest BCUT2D eigenvalue weighted by Gasteiger charge is -2.32. The number of carbonyl (C=O) groups excluding carboxylic acids is 1. The van der Waals surface area contributed by atoms with Crippen LogP contribution >= 0.6 is 11.6 Å². The maximum atomic E-state index is 12.8. The van der Waals surface area contributed by atoms with E-state index in [9.17, 15) is 13.2 Å². The van der Waals surface area contributed by atoms with Crippen LogP contribution in [0.15, 0.2) is 47.5 Å². The predicted molar refractivity (Wildman–Crippen MR) is 122 cm³/mol. The van der Waals surface area contributed by atoms with E-state index in [0.29, 0.717) is 24.0 Å². The Hall–Kier alpha value is -2.38. The van der Waals surface area contributed by atoms with E-state index >= 15 is 0 Å². The lowest BCUT2D eigenvalue weighted by atomic mass is 9.93. The van der Waals surface area contributed by atoms with Crippen LogP contribution < -0.4 is 0 Å². The summed E-state index contributed by atoms with van der Waals surface area (Å²) in [6.45, 7) is 3.27. The second kappa shape index (κ2) is 8.63. The third-order valence-corrected chi connectivity index (χ3v) is 8.19. The van der Waals surface area contributed by atoms with E-state index in [1.165, 1.54) is 5.69 Å². The smallest absolute Gasteiger partial charge is 0.223 e. The zero-order valence-corrected chi connectivity index (χ0v) is 19.3. The Kier molecular flexibility index (Phi) is 6.08. The largest absolute Gasteiger partial charge is 0.343 e. The SMILES string of the molecule is Cc1ncc(C2CCN(C(=O)CCS(=O)(=O)c3ccc4cc(Cl)ccc4c3)CC2)n1C. The molecule has 1 aliphatic rings. The summed E-state index contributed by atoms with van der Waals surface area (Å²) in [7, 11) is -1.53. The number of sulfone groups is 1. The number of aryl methyl sites for hydroxylation is 1. The predicted octanol–water partition coefficient (Wildman–Crippen LogP) is 4.11. The summed E-state index contributed by atoms with van der Waals surface area (Å²) in [6.07, 6.45) is 3.65. The molecule has 164 valence electrons. The first-order valence-corrected chi connectivity index (χ1v) is 12.5. The molecule has 0 spiro atoms. The Labute approximate surface area is 187 Å². The van der Waals surface area contributed by atoms with E-state index in [0.717, 1.165) is 29.4 Å². The van der Waals surface area contributed by atoms with Crippen LogP contribution in [-0.2, 0) is 21.7 Å². The van der Waals surface area contributed by atoms with Crippen LogP contribution in [0, 0.1) is 6.92 Å². The molecule has 8 heteroatoms. The Balaban J connectivity index is 1.36. The fourth-order valence-electron chi connectivity index (χ4n) is 4.21. The number of halogens is 1. The lowest BCUT2D eigenvalue weighted by molar-refractivity contribution is -0.131. The Morgan fingerprint density at radius 1 is 1.13 bits per heavy atom. The highest BCUT2D eigenvalue weighted by atomic mass is 35.5. The van der Waals surface area contributed by atoms with Crippen molar-refractivity contribution in [3.63, 3.8) is 0 Å². The second-order valence-electron chi connectivity index (χ2n) is 8.17. The summed E-state index contributed by atoms with van der Waals surface area (Å²) in [4.78, 5) is 19.1. The van der Waals surface area contributed by atoms with Crippen LogP contribution in [0.5, 0.6) is 0 Å². The molecule has 2 aromatic carbocycles. The number of likely N-dealkylation sites (tertiary alicyclic amines) is 1. The first-order chi connectivity index (χ1) is 14.7. The van der Waals surface area contributed by atoms with Crippen molar-refractivity contribution in [3.05, 3.63) is 59.1 Å². The Morgan fingerprint density at radius 3 is 2.48 bits per heavy atom. The number of imidazole rings is 1. The van der Waals surface area contributed by atoms with Crippen molar-refractivity contribution in [1.29, 1.82) is 0 Å². The summed E-state index contributed by atoms with van der Waals surface area (Å²) < 4.78 is 27.7. The molecule has 0 N–H and O–H groups in total. The number of aromatic nitrogens is 2. The number of benzene rings is 2.